The van der Waals surface area contributed by atoms with Crippen molar-refractivity contribution in [2.75, 3.05) is 0 Å². The highest BCUT2D eigenvalue weighted by molar-refractivity contribution is 5.17. The molecule has 0 fully saturated rings. The Kier molecular flexibility index (Phi) is 4.69. The molecule has 1 rings (SSSR count). The van der Waals surface area contributed by atoms with E-state index < -0.39 is 11.6 Å². The molecule has 0 saturated heterocycles. The molecule has 0 aliphatic heterocycles. The lowest BCUT2D eigenvalue weighted by molar-refractivity contribution is 0.504. The van der Waals surface area contributed by atoms with Gasteiger partial charge < -0.3 is 5.32 Å². The van der Waals surface area contributed by atoms with Crippen LogP contribution >= 0.6 is 0 Å². The molecule has 0 aromatic heterocycles. The quantitative estimate of drug-likeness (QED) is 0.791. The van der Waals surface area contributed by atoms with E-state index in [-0.39, 0.29) is 0 Å². The van der Waals surface area contributed by atoms with Crippen LogP contribution in [-0.4, -0.2) is 6.04 Å². The summed E-state index contributed by atoms with van der Waals surface area (Å²) in [5.41, 5.74) is 0.649. The van der Waals surface area contributed by atoms with Gasteiger partial charge in [-0.1, -0.05) is 13.3 Å². The van der Waals surface area contributed by atoms with Gasteiger partial charge in [0.2, 0.25) is 0 Å². The highest BCUT2D eigenvalue weighted by atomic mass is 19.1. The molecule has 1 unspecified atom stereocenters. The van der Waals surface area contributed by atoms with Crippen molar-refractivity contribution in [3.8, 4) is 0 Å². The molecule has 0 spiro atoms. The molecule has 0 bridgehead atoms. The van der Waals surface area contributed by atoms with Crippen LogP contribution in [0.25, 0.3) is 0 Å². The average Bonchev–Trinajstić information content (AvgIpc) is 2.14. The van der Waals surface area contributed by atoms with Crippen LogP contribution in [0.1, 0.15) is 32.3 Å². The van der Waals surface area contributed by atoms with Gasteiger partial charge in [0.1, 0.15) is 11.6 Å². The molecule has 0 aliphatic carbocycles. The highest BCUT2D eigenvalue weighted by Crippen LogP contribution is 2.08. The first-order valence-corrected chi connectivity index (χ1v) is 5.30. The molecule has 1 aromatic rings. The summed E-state index contributed by atoms with van der Waals surface area (Å²) in [6, 6.07) is 3.98. The van der Waals surface area contributed by atoms with Gasteiger partial charge in [-0.3, -0.25) is 0 Å². The van der Waals surface area contributed by atoms with Gasteiger partial charge in [-0.15, -0.1) is 0 Å². The Bertz CT molecular complexity index is 292. The second-order valence-corrected chi connectivity index (χ2v) is 3.85. The molecule has 0 amide bonds. The molecule has 1 nitrogen and oxygen atoms in total. The van der Waals surface area contributed by atoms with Crippen molar-refractivity contribution in [1.29, 1.82) is 0 Å². The normalized spacial score (nSPS) is 12.8. The topological polar surface area (TPSA) is 12.0 Å². The van der Waals surface area contributed by atoms with E-state index in [2.05, 4.69) is 19.2 Å². The third-order valence-electron chi connectivity index (χ3n) is 2.30. The fraction of sp³-hybridized carbons (Fsp3) is 0.500. The zero-order valence-electron chi connectivity index (χ0n) is 9.19. The number of benzene rings is 1. The lowest BCUT2D eigenvalue weighted by atomic mass is 10.1. The van der Waals surface area contributed by atoms with Crippen LogP contribution in [0, 0.1) is 11.6 Å². The van der Waals surface area contributed by atoms with Crippen LogP contribution in [0.4, 0.5) is 8.78 Å². The summed E-state index contributed by atoms with van der Waals surface area (Å²) in [6.07, 6.45) is 2.17. The molecule has 84 valence electrons. The summed E-state index contributed by atoms with van der Waals surface area (Å²) in [5.74, 6) is -1.04. The molecule has 1 N–H and O–H groups in total. The first-order chi connectivity index (χ1) is 7.11. The maximum Gasteiger partial charge on any atom is 0.126 e. The minimum absolute atomic E-state index is 0.376. The Hall–Kier alpha value is -0.960. The van der Waals surface area contributed by atoms with Crippen molar-refractivity contribution in [1.82, 2.24) is 5.32 Å². The van der Waals surface area contributed by atoms with Crippen LogP contribution in [0.15, 0.2) is 18.2 Å². The smallest absolute Gasteiger partial charge is 0.126 e. The molecule has 3 heteroatoms. The van der Waals surface area contributed by atoms with E-state index in [0.29, 0.717) is 18.2 Å². The number of hydrogen-bond acceptors (Lipinski definition) is 1. The number of nitrogens with one attached hydrogen (secondary N) is 1. The zero-order chi connectivity index (χ0) is 11.3. The van der Waals surface area contributed by atoms with E-state index in [1.807, 2.05) is 0 Å². The van der Waals surface area contributed by atoms with E-state index in [1.54, 1.807) is 0 Å². The van der Waals surface area contributed by atoms with E-state index >= 15 is 0 Å². The molecular weight excluding hydrogens is 196 g/mol. The third kappa shape index (κ3) is 4.38. The Balaban J connectivity index is 2.50. The van der Waals surface area contributed by atoms with Gasteiger partial charge in [0.25, 0.3) is 0 Å². The Morgan fingerprint density at radius 1 is 1.20 bits per heavy atom. The van der Waals surface area contributed by atoms with E-state index in [4.69, 9.17) is 0 Å². The van der Waals surface area contributed by atoms with E-state index in [1.165, 1.54) is 12.1 Å². The molecular formula is C12H17F2N. The summed E-state index contributed by atoms with van der Waals surface area (Å²) in [6.45, 7) is 4.69. The van der Waals surface area contributed by atoms with Gasteiger partial charge in [0, 0.05) is 18.7 Å². The first-order valence-electron chi connectivity index (χ1n) is 5.30. The second kappa shape index (κ2) is 5.81. The molecule has 0 radical (unpaired) electrons. The largest absolute Gasteiger partial charge is 0.310 e. The van der Waals surface area contributed by atoms with Gasteiger partial charge in [-0.2, -0.15) is 0 Å². The van der Waals surface area contributed by atoms with Crippen LogP contribution in [-0.2, 0) is 6.54 Å². The zero-order valence-corrected chi connectivity index (χ0v) is 9.19. The van der Waals surface area contributed by atoms with Crippen LogP contribution in [0.2, 0.25) is 0 Å². The summed E-state index contributed by atoms with van der Waals surface area (Å²) in [5, 5.41) is 3.22. The molecule has 0 saturated carbocycles. The molecule has 1 atom stereocenters. The number of halogens is 2. The van der Waals surface area contributed by atoms with Crippen LogP contribution in [0.3, 0.4) is 0 Å². The van der Waals surface area contributed by atoms with Gasteiger partial charge >= 0.3 is 0 Å². The van der Waals surface area contributed by atoms with Crippen molar-refractivity contribution in [3.05, 3.63) is 35.4 Å². The fourth-order valence-corrected chi connectivity index (χ4v) is 1.54. The van der Waals surface area contributed by atoms with Gasteiger partial charge in [-0.25, -0.2) is 8.78 Å². The van der Waals surface area contributed by atoms with Gasteiger partial charge in [0.05, 0.1) is 0 Å². The summed E-state index contributed by atoms with van der Waals surface area (Å²) >= 11 is 0. The van der Waals surface area contributed by atoms with Crippen molar-refractivity contribution in [2.45, 2.75) is 39.3 Å². The average molecular weight is 213 g/mol. The van der Waals surface area contributed by atoms with Gasteiger partial charge in [-0.05, 0) is 31.0 Å². The molecule has 0 heterocycles. The van der Waals surface area contributed by atoms with Crippen LogP contribution in [0.5, 0.6) is 0 Å². The Labute approximate surface area is 89.5 Å². The Morgan fingerprint density at radius 2 is 1.80 bits per heavy atom. The fourth-order valence-electron chi connectivity index (χ4n) is 1.54. The lowest BCUT2D eigenvalue weighted by Gasteiger charge is -2.12. The summed E-state index contributed by atoms with van der Waals surface area (Å²) in [4.78, 5) is 0. The van der Waals surface area contributed by atoms with E-state index in [9.17, 15) is 8.78 Å². The predicted octanol–water partition coefficient (Wildman–Crippen LogP) is 3.24. The second-order valence-electron chi connectivity index (χ2n) is 3.85. The molecule has 1 aromatic carbocycles. The first kappa shape index (κ1) is 12.1. The van der Waals surface area contributed by atoms with Crippen LogP contribution < -0.4 is 5.32 Å². The number of hydrogen-bond donors (Lipinski definition) is 1. The minimum atomic E-state index is -0.519. The Morgan fingerprint density at radius 3 is 2.33 bits per heavy atom. The van der Waals surface area contributed by atoms with Gasteiger partial charge in [0.15, 0.2) is 0 Å². The van der Waals surface area contributed by atoms with Crippen molar-refractivity contribution in [3.63, 3.8) is 0 Å². The molecule has 15 heavy (non-hydrogen) atoms. The SMILES string of the molecule is CCCC(C)NCc1cc(F)cc(F)c1. The maximum atomic E-state index is 12.8. The lowest BCUT2D eigenvalue weighted by Crippen LogP contribution is -2.25. The highest BCUT2D eigenvalue weighted by Gasteiger charge is 2.03. The van der Waals surface area contributed by atoms with E-state index in [0.717, 1.165) is 18.9 Å². The van der Waals surface area contributed by atoms with Crippen molar-refractivity contribution in [2.24, 2.45) is 0 Å². The van der Waals surface area contributed by atoms with Crippen molar-refractivity contribution < 1.29 is 8.78 Å². The van der Waals surface area contributed by atoms with Crippen molar-refractivity contribution >= 4 is 0 Å². The minimum Gasteiger partial charge on any atom is -0.310 e. The number of rotatable bonds is 5. The summed E-state index contributed by atoms with van der Waals surface area (Å²) in [7, 11) is 0. The third-order valence-corrected chi connectivity index (χ3v) is 2.30. The predicted molar refractivity (Wildman–Crippen MR) is 57.6 cm³/mol. The monoisotopic (exact) mass is 213 g/mol. The molecule has 0 aliphatic rings. The summed E-state index contributed by atoms with van der Waals surface area (Å²) < 4.78 is 25.7. The maximum absolute atomic E-state index is 12.8. The standard InChI is InChI=1S/C12H17F2N/c1-3-4-9(2)15-8-10-5-11(13)7-12(14)6-10/h5-7,9,15H,3-4,8H2,1-2H3.